The molecule has 0 saturated carbocycles. The number of hydrogen-bond donors (Lipinski definition) is 1. The van der Waals surface area contributed by atoms with Crippen LogP contribution in [0.1, 0.15) is 23.6 Å². The minimum Gasteiger partial charge on any atom is -0.497 e. The molecular formula is C22H23NO4. The van der Waals surface area contributed by atoms with Crippen LogP contribution >= 0.6 is 0 Å². The van der Waals surface area contributed by atoms with Crippen LogP contribution in [-0.2, 0) is 4.79 Å². The normalized spacial score (nSPS) is 11.5. The number of benzene rings is 2. The summed E-state index contributed by atoms with van der Waals surface area (Å²) in [5, 5.41) is 3.88. The zero-order chi connectivity index (χ0) is 19.6. The Morgan fingerprint density at radius 2 is 1.93 bits per heavy atom. The maximum atomic E-state index is 12.5. The lowest BCUT2D eigenvalue weighted by molar-refractivity contribution is -0.111. The van der Waals surface area contributed by atoms with Crippen molar-refractivity contribution in [3.05, 3.63) is 59.4 Å². The van der Waals surface area contributed by atoms with Gasteiger partial charge in [-0.25, -0.2) is 0 Å². The highest BCUT2D eigenvalue weighted by Gasteiger charge is 2.16. The first-order chi connectivity index (χ1) is 12.9. The number of rotatable bonds is 5. The summed E-state index contributed by atoms with van der Waals surface area (Å²) in [6.45, 7) is 5.84. The second-order valence-corrected chi connectivity index (χ2v) is 6.43. The SMILES string of the molecule is COc1cccc(NC(=O)/C=C(\C)c2cc3c(C)coc3c(C)c2OC)c1. The molecule has 0 aliphatic rings. The van der Waals surface area contributed by atoms with E-state index in [1.165, 1.54) is 0 Å². The van der Waals surface area contributed by atoms with Gasteiger partial charge in [0.15, 0.2) is 0 Å². The average Bonchev–Trinajstić information content (AvgIpc) is 3.02. The van der Waals surface area contributed by atoms with Crippen LogP contribution in [0, 0.1) is 13.8 Å². The Morgan fingerprint density at radius 3 is 2.63 bits per heavy atom. The molecule has 2 aromatic carbocycles. The fraction of sp³-hybridized carbons (Fsp3) is 0.227. The first-order valence-corrected chi connectivity index (χ1v) is 8.63. The van der Waals surface area contributed by atoms with Crippen LogP contribution in [0.25, 0.3) is 16.5 Å². The third kappa shape index (κ3) is 3.67. The Labute approximate surface area is 158 Å². The predicted octanol–water partition coefficient (Wildman–Crippen LogP) is 5.11. The molecular weight excluding hydrogens is 342 g/mol. The highest BCUT2D eigenvalue weighted by molar-refractivity contribution is 6.05. The summed E-state index contributed by atoms with van der Waals surface area (Å²) < 4.78 is 16.4. The van der Waals surface area contributed by atoms with Crippen molar-refractivity contribution >= 4 is 28.1 Å². The molecule has 0 unspecified atom stereocenters. The number of fused-ring (bicyclic) bond motifs is 1. The number of methoxy groups -OCH3 is 2. The quantitative estimate of drug-likeness (QED) is 0.638. The maximum absolute atomic E-state index is 12.5. The monoisotopic (exact) mass is 365 g/mol. The minimum absolute atomic E-state index is 0.218. The van der Waals surface area contributed by atoms with Gasteiger partial charge in [-0.3, -0.25) is 4.79 Å². The number of hydrogen-bond acceptors (Lipinski definition) is 4. The zero-order valence-electron chi connectivity index (χ0n) is 16.2. The largest absolute Gasteiger partial charge is 0.497 e. The van der Waals surface area contributed by atoms with E-state index in [1.807, 2.05) is 45.0 Å². The van der Waals surface area contributed by atoms with Crippen molar-refractivity contribution in [2.24, 2.45) is 0 Å². The van der Waals surface area contributed by atoms with E-state index in [9.17, 15) is 4.79 Å². The average molecular weight is 365 g/mol. The van der Waals surface area contributed by atoms with E-state index < -0.39 is 0 Å². The van der Waals surface area contributed by atoms with Crippen LogP contribution in [0.2, 0.25) is 0 Å². The van der Waals surface area contributed by atoms with Crippen molar-refractivity contribution in [1.29, 1.82) is 0 Å². The summed E-state index contributed by atoms with van der Waals surface area (Å²) in [6, 6.07) is 9.24. The molecule has 0 saturated heterocycles. The van der Waals surface area contributed by atoms with Gasteiger partial charge in [-0.15, -0.1) is 0 Å². The number of nitrogens with one attached hydrogen (secondary N) is 1. The van der Waals surface area contributed by atoms with Gasteiger partial charge < -0.3 is 19.2 Å². The van der Waals surface area contributed by atoms with Gasteiger partial charge in [0.1, 0.15) is 17.1 Å². The number of ether oxygens (including phenoxy) is 2. The summed E-state index contributed by atoms with van der Waals surface area (Å²) in [6.07, 6.45) is 3.30. The van der Waals surface area contributed by atoms with Crippen LogP contribution in [-0.4, -0.2) is 20.1 Å². The van der Waals surface area contributed by atoms with E-state index in [0.29, 0.717) is 17.2 Å². The number of aryl methyl sites for hydroxylation is 2. The van der Waals surface area contributed by atoms with Crippen LogP contribution in [0.5, 0.6) is 11.5 Å². The van der Waals surface area contributed by atoms with Crippen LogP contribution in [0.15, 0.2) is 47.1 Å². The fourth-order valence-electron chi connectivity index (χ4n) is 3.15. The topological polar surface area (TPSA) is 60.7 Å². The lowest BCUT2D eigenvalue weighted by Crippen LogP contribution is -2.08. The van der Waals surface area contributed by atoms with Gasteiger partial charge in [-0.1, -0.05) is 6.07 Å². The van der Waals surface area contributed by atoms with Crippen molar-refractivity contribution < 1.29 is 18.7 Å². The number of allylic oxidation sites excluding steroid dienone is 1. The smallest absolute Gasteiger partial charge is 0.248 e. The lowest BCUT2D eigenvalue weighted by atomic mass is 9.98. The standard InChI is InChI=1S/C22H23NO4/c1-13(9-20(24)23-16-7-6-8-17(10-16)25-4)18-11-19-14(2)12-27-22(19)15(3)21(18)26-5/h6-12H,1-5H3,(H,23,24)/b13-9+. The van der Waals surface area contributed by atoms with Crippen molar-refractivity contribution in [3.8, 4) is 11.5 Å². The first-order valence-electron chi connectivity index (χ1n) is 8.63. The van der Waals surface area contributed by atoms with E-state index in [0.717, 1.165) is 33.2 Å². The summed E-state index contributed by atoms with van der Waals surface area (Å²) >= 11 is 0. The molecule has 1 amide bonds. The molecule has 0 spiro atoms. The van der Waals surface area contributed by atoms with Gasteiger partial charge in [0.05, 0.1) is 20.5 Å². The third-order valence-electron chi connectivity index (χ3n) is 4.55. The van der Waals surface area contributed by atoms with Gasteiger partial charge in [-0.2, -0.15) is 0 Å². The number of carbonyl (C=O) groups is 1. The fourth-order valence-corrected chi connectivity index (χ4v) is 3.15. The molecule has 5 heteroatoms. The Kier molecular flexibility index (Phi) is 5.21. The third-order valence-corrected chi connectivity index (χ3v) is 4.55. The number of carbonyl (C=O) groups excluding carboxylic acids is 1. The maximum Gasteiger partial charge on any atom is 0.248 e. The first kappa shape index (κ1) is 18.6. The van der Waals surface area contributed by atoms with Crippen LogP contribution in [0.3, 0.4) is 0 Å². The second kappa shape index (κ2) is 7.58. The van der Waals surface area contributed by atoms with E-state index >= 15 is 0 Å². The van der Waals surface area contributed by atoms with E-state index in [2.05, 4.69) is 5.32 Å². The van der Waals surface area contributed by atoms with Crippen molar-refractivity contribution in [3.63, 3.8) is 0 Å². The molecule has 1 N–H and O–H groups in total. The van der Waals surface area contributed by atoms with E-state index in [4.69, 9.17) is 13.9 Å². The Bertz CT molecular complexity index is 1030. The van der Waals surface area contributed by atoms with Gasteiger partial charge in [0.25, 0.3) is 0 Å². The van der Waals surface area contributed by atoms with Crippen molar-refractivity contribution in [1.82, 2.24) is 0 Å². The van der Waals surface area contributed by atoms with Gasteiger partial charge in [0, 0.05) is 34.3 Å². The molecule has 0 atom stereocenters. The number of amides is 1. The summed E-state index contributed by atoms with van der Waals surface area (Å²) in [5.41, 5.74) is 5.12. The molecule has 0 aliphatic heterocycles. The van der Waals surface area contributed by atoms with Crippen LogP contribution < -0.4 is 14.8 Å². The van der Waals surface area contributed by atoms with Gasteiger partial charge >= 0.3 is 0 Å². The summed E-state index contributed by atoms with van der Waals surface area (Å²) in [5.74, 6) is 1.18. The highest BCUT2D eigenvalue weighted by atomic mass is 16.5. The van der Waals surface area contributed by atoms with Gasteiger partial charge in [-0.05, 0) is 50.1 Å². The molecule has 0 bridgehead atoms. The Balaban J connectivity index is 1.95. The molecule has 140 valence electrons. The van der Waals surface area contributed by atoms with E-state index in [-0.39, 0.29) is 5.91 Å². The van der Waals surface area contributed by atoms with E-state index in [1.54, 1.807) is 32.6 Å². The molecule has 1 heterocycles. The molecule has 0 aliphatic carbocycles. The zero-order valence-corrected chi connectivity index (χ0v) is 16.2. The van der Waals surface area contributed by atoms with Crippen molar-refractivity contribution in [2.75, 3.05) is 19.5 Å². The molecule has 3 aromatic rings. The second-order valence-electron chi connectivity index (χ2n) is 6.43. The summed E-state index contributed by atoms with van der Waals surface area (Å²) in [7, 11) is 3.21. The van der Waals surface area contributed by atoms with Crippen LogP contribution in [0.4, 0.5) is 5.69 Å². The molecule has 0 radical (unpaired) electrons. The minimum atomic E-state index is -0.218. The molecule has 3 rings (SSSR count). The van der Waals surface area contributed by atoms with Gasteiger partial charge in [0.2, 0.25) is 5.91 Å². The molecule has 27 heavy (non-hydrogen) atoms. The summed E-state index contributed by atoms with van der Waals surface area (Å²) in [4.78, 5) is 12.5. The Morgan fingerprint density at radius 1 is 1.15 bits per heavy atom. The number of furan rings is 1. The van der Waals surface area contributed by atoms with Crippen molar-refractivity contribution in [2.45, 2.75) is 20.8 Å². The lowest BCUT2D eigenvalue weighted by Gasteiger charge is -2.13. The molecule has 0 fully saturated rings. The molecule has 5 nitrogen and oxygen atoms in total. The Hall–Kier alpha value is -3.21. The predicted molar refractivity (Wildman–Crippen MR) is 108 cm³/mol. The molecule has 1 aromatic heterocycles. The highest BCUT2D eigenvalue weighted by Crippen LogP contribution is 2.37. The number of anilines is 1.